The van der Waals surface area contributed by atoms with E-state index >= 15 is 0 Å². The van der Waals surface area contributed by atoms with Gasteiger partial charge >= 0.3 is 5.97 Å². The van der Waals surface area contributed by atoms with E-state index in [-0.39, 0.29) is 24.1 Å². The minimum absolute atomic E-state index is 0.00396. The van der Waals surface area contributed by atoms with Gasteiger partial charge < -0.3 is 19.9 Å². The molecule has 2 N–H and O–H groups in total. The van der Waals surface area contributed by atoms with E-state index in [2.05, 4.69) is 17.4 Å². The normalized spacial score (nSPS) is 18.9. The van der Waals surface area contributed by atoms with Gasteiger partial charge in [-0.3, -0.25) is 4.79 Å². The molecule has 2 unspecified atom stereocenters. The summed E-state index contributed by atoms with van der Waals surface area (Å²) in [5.74, 6) is -0.718. The van der Waals surface area contributed by atoms with Crippen molar-refractivity contribution in [1.82, 2.24) is 5.32 Å². The van der Waals surface area contributed by atoms with Gasteiger partial charge in [-0.25, -0.2) is 4.79 Å². The number of aromatic hydroxyl groups is 1. The zero-order chi connectivity index (χ0) is 27.4. The number of allylic oxidation sites excluding steroid dienone is 3. The van der Waals surface area contributed by atoms with Crippen molar-refractivity contribution >= 4 is 11.8 Å². The van der Waals surface area contributed by atoms with Crippen LogP contribution in [0.2, 0.25) is 0 Å². The van der Waals surface area contributed by atoms with Crippen LogP contribution in [0, 0.1) is 0 Å². The molecule has 2 aliphatic rings. The summed E-state index contributed by atoms with van der Waals surface area (Å²) in [6.07, 6.45) is 1.61. The fraction of sp³-hybridized carbons (Fsp3) is 0.273. The van der Waals surface area contributed by atoms with Crippen LogP contribution >= 0.6 is 0 Å². The molecule has 1 aliphatic carbocycles. The summed E-state index contributed by atoms with van der Waals surface area (Å²) < 4.78 is 11.4. The topological polar surface area (TPSA) is 84.9 Å². The first-order valence-corrected chi connectivity index (χ1v) is 13.4. The number of carbonyl (C=O) groups is 2. The number of ketones is 1. The van der Waals surface area contributed by atoms with Gasteiger partial charge in [0, 0.05) is 35.7 Å². The molecule has 6 heteroatoms. The Kier molecular flexibility index (Phi) is 7.82. The van der Waals surface area contributed by atoms with Crippen molar-refractivity contribution in [2.45, 2.75) is 44.9 Å². The largest absolute Gasteiger partial charge is 0.504 e. The highest BCUT2D eigenvalue weighted by Gasteiger charge is 2.41. The lowest BCUT2D eigenvalue weighted by Gasteiger charge is -2.36. The number of ether oxygens (including phenoxy) is 2. The van der Waals surface area contributed by atoms with Crippen molar-refractivity contribution in [2.75, 3.05) is 13.2 Å². The molecule has 1 heterocycles. The van der Waals surface area contributed by atoms with Gasteiger partial charge in [0.2, 0.25) is 0 Å². The molecule has 0 aromatic heterocycles. The molecule has 0 amide bonds. The molecule has 0 bridgehead atoms. The average Bonchev–Trinajstić information content (AvgIpc) is 2.94. The number of Topliss-reactive ketones (excluding diaryl/α,β-unsaturated/α-hetero) is 1. The van der Waals surface area contributed by atoms with Gasteiger partial charge in [-0.15, -0.1) is 0 Å². The fourth-order valence-electron chi connectivity index (χ4n) is 5.57. The zero-order valence-electron chi connectivity index (χ0n) is 22.3. The number of carbonyl (C=O) groups excluding carboxylic acids is 2. The van der Waals surface area contributed by atoms with Crippen LogP contribution in [0.1, 0.15) is 55.2 Å². The van der Waals surface area contributed by atoms with Gasteiger partial charge in [0.15, 0.2) is 17.3 Å². The number of nitrogens with one attached hydrogen (secondary N) is 1. The molecular formula is C33H33NO5. The van der Waals surface area contributed by atoms with Crippen molar-refractivity contribution in [3.8, 4) is 11.5 Å². The van der Waals surface area contributed by atoms with E-state index in [1.165, 1.54) is 0 Å². The van der Waals surface area contributed by atoms with Crippen LogP contribution in [0.4, 0.5) is 0 Å². The maximum atomic E-state index is 13.8. The number of rotatable bonds is 8. The number of phenols is 1. The first-order valence-electron chi connectivity index (χ1n) is 13.4. The zero-order valence-corrected chi connectivity index (χ0v) is 22.3. The Morgan fingerprint density at radius 2 is 1.69 bits per heavy atom. The predicted octanol–water partition coefficient (Wildman–Crippen LogP) is 5.94. The van der Waals surface area contributed by atoms with E-state index in [0.717, 1.165) is 16.8 Å². The average molecular weight is 524 g/mol. The minimum atomic E-state index is -0.630. The molecule has 0 radical (unpaired) electrons. The second-order valence-corrected chi connectivity index (χ2v) is 9.96. The Labute approximate surface area is 229 Å². The van der Waals surface area contributed by atoms with Crippen LogP contribution in [0.3, 0.4) is 0 Å². The lowest BCUT2D eigenvalue weighted by atomic mass is 9.71. The van der Waals surface area contributed by atoms with Crippen LogP contribution in [-0.2, 0) is 20.7 Å². The molecule has 0 fully saturated rings. The molecule has 0 saturated heterocycles. The fourth-order valence-corrected chi connectivity index (χ4v) is 5.57. The van der Waals surface area contributed by atoms with Crippen LogP contribution in [0.15, 0.2) is 101 Å². The molecule has 6 nitrogen and oxygen atoms in total. The second kappa shape index (κ2) is 11.6. The van der Waals surface area contributed by atoms with Crippen LogP contribution in [0.5, 0.6) is 11.5 Å². The van der Waals surface area contributed by atoms with Gasteiger partial charge in [-0.2, -0.15) is 0 Å². The molecule has 2 atom stereocenters. The maximum Gasteiger partial charge on any atom is 0.336 e. The number of hydrogen-bond acceptors (Lipinski definition) is 6. The van der Waals surface area contributed by atoms with E-state index in [1.54, 1.807) is 18.2 Å². The molecule has 3 aromatic rings. The smallest absolute Gasteiger partial charge is 0.336 e. The maximum absolute atomic E-state index is 13.8. The lowest BCUT2D eigenvalue weighted by molar-refractivity contribution is -0.139. The van der Waals surface area contributed by atoms with E-state index in [0.29, 0.717) is 54.0 Å². The van der Waals surface area contributed by atoms with Gasteiger partial charge in [0.1, 0.15) is 0 Å². The number of benzene rings is 3. The van der Waals surface area contributed by atoms with E-state index in [1.807, 2.05) is 62.4 Å². The Morgan fingerprint density at radius 3 is 2.41 bits per heavy atom. The Hall–Kier alpha value is -4.32. The number of esters is 1. The summed E-state index contributed by atoms with van der Waals surface area (Å²) >= 11 is 0. The van der Waals surface area contributed by atoms with E-state index in [9.17, 15) is 14.7 Å². The summed E-state index contributed by atoms with van der Waals surface area (Å²) in [6.45, 7) is 4.29. The SMILES string of the molecule is CCOc1cc(C2C(C(=O)OCCc3ccccc3)=C(C)NC3=C2C(=O)CC(c2ccccc2)C3)ccc1O. The Balaban J connectivity index is 1.50. The molecule has 3 aromatic carbocycles. The number of hydrogen-bond donors (Lipinski definition) is 2. The van der Waals surface area contributed by atoms with Crippen molar-refractivity contribution in [3.05, 3.63) is 118 Å². The number of phenolic OH excluding ortho intramolecular Hbond substituents is 1. The van der Waals surface area contributed by atoms with Crippen LogP contribution < -0.4 is 10.1 Å². The van der Waals surface area contributed by atoms with Gasteiger partial charge in [-0.1, -0.05) is 66.7 Å². The standard InChI is InChI=1S/C33H33NO5/c1-3-38-29-20-24(14-15-27(29)35)31-30(33(37)39-17-16-22-10-6-4-7-11-22)21(2)34-26-18-25(19-28(36)32(26)31)23-12-8-5-9-13-23/h4-15,20,25,31,34-35H,3,16-19H2,1-2H3. The quantitative estimate of drug-likeness (QED) is 0.356. The first kappa shape index (κ1) is 26.3. The highest BCUT2D eigenvalue weighted by Crippen LogP contribution is 2.47. The van der Waals surface area contributed by atoms with Crippen LogP contribution in [-0.4, -0.2) is 30.1 Å². The third kappa shape index (κ3) is 5.60. The van der Waals surface area contributed by atoms with Crippen molar-refractivity contribution in [2.24, 2.45) is 0 Å². The molecule has 0 spiro atoms. The third-order valence-electron chi connectivity index (χ3n) is 7.40. The minimum Gasteiger partial charge on any atom is -0.504 e. The van der Waals surface area contributed by atoms with E-state index < -0.39 is 11.9 Å². The Bertz CT molecular complexity index is 1420. The van der Waals surface area contributed by atoms with Gasteiger partial charge in [0.05, 0.1) is 18.8 Å². The van der Waals surface area contributed by atoms with Gasteiger partial charge in [-0.05, 0) is 55.0 Å². The highest BCUT2D eigenvalue weighted by atomic mass is 16.5. The highest BCUT2D eigenvalue weighted by molar-refractivity contribution is 6.04. The van der Waals surface area contributed by atoms with Crippen molar-refractivity contribution < 1.29 is 24.2 Å². The monoisotopic (exact) mass is 523 g/mol. The predicted molar refractivity (Wildman–Crippen MR) is 149 cm³/mol. The molecule has 5 rings (SSSR count). The molecule has 39 heavy (non-hydrogen) atoms. The molecule has 1 aliphatic heterocycles. The molecular weight excluding hydrogens is 490 g/mol. The van der Waals surface area contributed by atoms with Gasteiger partial charge in [0.25, 0.3) is 0 Å². The lowest BCUT2D eigenvalue weighted by Crippen LogP contribution is -2.36. The van der Waals surface area contributed by atoms with Crippen LogP contribution in [0.25, 0.3) is 0 Å². The third-order valence-corrected chi connectivity index (χ3v) is 7.40. The van der Waals surface area contributed by atoms with E-state index in [4.69, 9.17) is 9.47 Å². The van der Waals surface area contributed by atoms with Crippen molar-refractivity contribution in [3.63, 3.8) is 0 Å². The first-order chi connectivity index (χ1) is 19.0. The van der Waals surface area contributed by atoms with Crippen molar-refractivity contribution in [1.29, 1.82) is 0 Å². The summed E-state index contributed by atoms with van der Waals surface area (Å²) in [6, 6.07) is 24.9. The summed E-state index contributed by atoms with van der Waals surface area (Å²) in [7, 11) is 0. The molecule has 0 saturated carbocycles. The summed E-state index contributed by atoms with van der Waals surface area (Å²) in [4.78, 5) is 27.4. The summed E-state index contributed by atoms with van der Waals surface area (Å²) in [5.41, 5.74) is 5.37. The summed E-state index contributed by atoms with van der Waals surface area (Å²) in [5, 5.41) is 13.7. The second-order valence-electron chi connectivity index (χ2n) is 9.96. The number of dihydropyridines is 1. The Morgan fingerprint density at radius 1 is 0.974 bits per heavy atom. The molecule has 200 valence electrons.